The van der Waals surface area contributed by atoms with E-state index in [1.54, 1.807) is 23.1 Å². The number of nitrogens with zero attached hydrogens (tertiary/aromatic N) is 2. The lowest BCUT2D eigenvalue weighted by Crippen LogP contribution is -1.89. The van der Waals surface area contributed by atoms with Crippen molar-refractivity contribution in [3.63, 3.8) is 0 Å². The molecule has 2 heterocycles. The lowest BCUT2D eigenvalue weighted by molar-refractivity contribution is 0.955. The molecule has 0 spiro atoms. The summed E-state index contributed by atoms with van der Waals surface area (Å²) in [6.45, 7) is 4.36. The van der Waals surface area contributed by atoms with Gasteiger partial charge in [-0.05, 0) is 0 Å². The summed E-state index contributed by atoms with van der Waals surface area (Å²) < 4.78 is 2.13. The van der Waals surface area contributed by atoms with E-state index in [2.05, 4.69) is 34.8 Å². The van der Waals surface area contributed by atoms with E-state index >= 15 is 0 Å². The fraction of sp³-hybridized carbons (Fsp3) is 0.375. The van der Waals surface area contributed by atoms with Gasteiger partial charge < -0.3 is 0 Å². The molecule has 0 saturated heterocycles. The average Bonchev–Trinajstić information content (AvgIpc) is 2.52. The molecule has 64 valence electrons. The van der Waals surface area contributed by atoms with Crippen LogP contribution >= 0.6 is 23.1 Å². The third kappa shape index (κ3) is 1.36. The van der Waals surface area contributed by atoms with Crippen LogP contribution in [0.2, 0.25) is 0 Å². The predicted molar refractivity (Wildman–Crippen MR) is 54.1 cm³/mol. The van der Waals surface area contributed by atoms with Crippen LogP contribution in [0, 0.1) is 0 Å². The molecule has 0 aromatic carbocycles. The van der Waals surface area contributed by atoms with Crippen LogP contribution < -0.4 is 0 Å². The van der Waals surface area contributed by atoms with E-state index in [4.69, 9.17) is 0 Å². The van der Waals surface area contributed by atoms with E-state index in [1.165, 1.54) is 4.83 Å². The van der Waals surface area contributed by atoms with Crippen LogP contribution in [0.25, 0.3) is 4.83 Å². The maximum atomic E-state index is 4.33. The van der Waals surface area contributed by atoms with E-state index in [1.807, 2.05) is 6.20 Å². The molecule has 0 bridgehead atoms. The Morgan fingerprint density at radius 1 is 1.58 bits per heavy atom. The molecule has 0 N–H and O–H groups in total. The minimum absolute atomic E-state index is 0.593. The van der Waals surface area contributed by atoms with Gasteiger partial charge in [-0.3, -0.25) is 4.40 Å². The Morgan fingerprint density at radius 2 is 2.42 bits per heavy atom. The van der Waals surface area contributed by atoms with Crippen molar-refractivity contribution in [1.29, 1.82) is 0 Å². The molecule has 0 unspecified atom stereocenters. The van der Waals surface area contributed by atoms with Crippen molar-refractivity contribution in [3.05, 3.63) is 17.8 Å². The molecule has 0 radical (unpaired) electrons. The zero-order valence-corrected chi connectivity index (χ0v) is 8.65. The Balaban J connectivity index is 2.40. The molecule has 0 aliphatic rings. The summed E-state index contributed by atoms with van der Waals surface area (Å²) in [6, 6.07) is 0. The fourth-order valence-corrected chi connectivity index (χ4v) is 2.57. The summed E-state index contributed by atoms with van der Waals surface area (Å²) in [7, 11) is 0. The highest BCUT2D eigenvalue weighted by molar-refractivity contribution is 7.99. The van der Waals surface area contributed by atoms with Crippen molar-refractivity contribution in [2.24, 2.45) is 0 Å². The number of hydrogen-bond donors (Lipinski definition) is 0. The summed E-state index contributed by atoms with van der Waals surface area (Å²) in [4.78, 5) is 5.55. The van der Waals surface area contributed by atoms with Gasteiger partial charge >= 0.3 is 0 Å². The molecule has 2 nitrogen and oxygen atoms in total. The first-order chi connectivity index (χ1) is 5.77. The lowest BCUT2D eigenvalue weighted by atomic mass is 10.6. The van der Waals surface area contributed by atoms with Gasteiger partial charge in [0.1, 0.15) is 4.83 Å². The Labute approximate surface area is 79.6 Å². The second kappa shape index (κ2) is 3.11. The smallest absolute Gasteiger partial charge is 0.173 e. The molecule has 2 aromatic rings. The maximum Gasteiger partial charge on any atom is 0.173 e. The number of imidazole rings is 1. The first kappa shape index (κ1) is 8.13. The molecule has 0 aliphatic carbocycles. The number of rotatable bonds is 2. The third-order valence-electron chi connectivity index (χ3n) is 1.47. The quantitative estimate of drug-likeness (QED) is 0.690. The normalized spacial score (nSPS) is 11.6. The first-order valence-corrected chi connectivity index (χ1v) is 5.60. The van der Waals surface area contributed by atoms with Gasteiger partial charge in [0.15, 0.2) is 5.16 Å². The maximum absolute atomic E-state index is 4.33. The summed E-state index contributed by atoms with van der Waals surface area (Å²) in [5.74, 6) is 0. The molecule has 4 heteroatoms. The number of thiazole rings is 1. The Bertz CT molecular complexity index is 375. The number of thioether (sulfide) groups is 1. The zero-order chi connectivity index (χ0) is 8.55. The molecule has 0 atom stereocenters. The Hall–Kier alpha value is -0.480. The molecule has 0 aliphatic heterocycles. The minimum atomic E-state index is 0.593. The van der Waals surface area contributed by atoms with Gasteiger partial charge in [-0.1, -0.05) is 25.6 Å². The van der Waals surface area contributed by atoms with Gasteiger partial charge in [0.25, 0.3) is 0 Å². The van der Waals surface area contributed by atoms with Gasteiger partial charge in [0.05, 0.1) is 6.20 Å². The molecule has 2 rings (SSSR count). The van der Waals surface area contributed by atoms with Gasteiger partial charge in [-0.2, -0.15) is 0 Å². The van der Waals surface area contributed by atoms with Crippen LogP contribution in [0.4, 0.5) is 0 Å². The second-order valence-corrected chi connectivity index (χ2v) is 5.29. The highest BCUT2D eigenvalue weighted by atomic mass is 32.2. The number of hydrogen-bond acceptors (Lipinski definition) is 3. The summed E-state index contributed by atoms with van der Waals surface area (Å²) in [5.41, 5.74) is 0. The van der Waals surface area contributed by atoms with E-state index in [0.717, 1.165) is 5.16 Å². The van der Waals surface area contributed by atoms with Crippen molar-refractivity contribution in [2.75, 3.05) is 0 Å². The van der Waals surface area contributed by atoms with E-state index in [0.29, 0.717) is 5.25 Å². The van der Waals surface area contributed by atoms with Crippen LogP contribution in [-0.2, 0) is 0 Å². The molecule has 0 amide bonds. The fourth-order valence-electron chi connectivity index (χ4n) is 1.01. The van der Waals surface area contributed by atoms with Gasteiger partial charge in [0.2, 0.25) is 0 Å². The van der Waals surface area contributed by atoms with Crippen molar-refractivity contribution in [3.8, 4) is 0 Å². The van der Waals surface area contributed by atoms with Crippen LogP contribution in [0.3, 0.4) is 0 Å². The van der Waals surface area contributed by atoms with E-state index < -0.39 is 0 Å². The highest BCUT2D eigenvalue weighted by Crippen LogP contribution is 2.24. The number of fused-ring (bicyclic) bond motifs is 1. The Kier molecular flexibility index (Phi) is 2.11. The zero-order valence-electron chi connectivity index (χ0n) is 7.02. The second-order valence-electron chi connectivity index (χ2n) is 2.82. The monoisotopic (exact) mass is 198 g/mol. The van der Waals surface area contributed by atoms with Crippen molar-refractivity contribution < 1.29 is 0 Å². The SMILES string of the molecule is CC(C)Sc1ncc2sccn12. The van der Waals surface area contributed by atoms with Crippen LogP contribution in [-0.4, -0.2) is 14.6 Å². The third-order valence-corrected chi connectivity index (χ3v) is 3.25. The van der Waals surface area contributed by atoms with Gasteiger partial charge in [0, 0.05) is 16.8 Å². The topological polar surface area (TPSA) is 17.3 Å². The van der Waals surface area contributed by atoms with Crippen LogP contribution in [0.5, 0.6) is 0 Å². The molecule has 0 fully saturated rings. The van der Waals surface area contributed by atoms with E-state index in [9.17, 15) is 0 Å². The highest BCUT2D eigenvalue weighted by Gasteiger charge is 2.05. The number of aromatic nitrogens is 2. The molecular weight excluding hydrogens is 188 g/mol. The van der Waals surface area contributed by atoms with Crippen molar-refractivity contribution >= 4 is 27.9 Å². The molecule has 2 aromatic heterocycles. The van der Waals surface area contributed by atoms with Gasteiger partial charge in [-0.25, -0.2) is 4.98 Å². The average molecular weight is 198 g/mol. The lowest BCUT2D eigenvalue weighted by Gasteiger charge is -2.00. The summed E-state index contributed by atoms with van der Waals surface area (Å²) >= 11 is 3.52. The largest absolute Gasteiger partial charge is 0.285 e. The molecule has 0 saturated carbocycles. The van der Waals surface area contributed by atoms with Gasteiger partial charge in [-0.15, -0.1) is 11.3 Å². The predicted octanol–water partition coefficient (Wildman–Crippen LogP) is 2.90. The summed E-state index contributed by atoms with van der Waals surface area (Å²) in [5, 5.41) is 3.78. The van der Waals surface area contributed by atoms with Crippen molar-refractivity contribution in [1.82, 2.24) is 9.38 Å². The standard InChI is InChI=1S/C8H10N2S2/c1-6(2)12-8-9-5-7-10(8)3-4-11-7/h3-6H,1-2H3. The van der Waals surface area contributed by atoms with E-state index in [-0.39, 0.29) is 0 Å². The Morgan fingerprint density at radius 3 is 3.17 bits per heavy atom. The van der Waals surface area contributed by atoms with Crippen LogP contribution in [0.1, 0.15) is 13.8 Å². The summed E-state index contributed by atoms with van der Waals surface area (Å²) in [6.07, 6.45) is 3.99. The van der Waals surface area contributed by atoms with Crippen LogP contribution in [0.15, 0.2) is 22.9 Å². The molecular formula is C8H10N2S2. The molecule has 12 heavy (non-hydrogen) atoms. The first-order valence-electron chi connectivity index (χ1n) is 3.84. The van der Waals surface area contributed by atoms with Crippen molar-refractivity contribution in [2.45, 2.75) is 24.3 Å². The minimum Gasteiger partial charge on any atom is -0.285 e.